The average Bonchev–Trinajstić information content (AvgIpc) is 3.50. The number of amides is 3. The van der Waals surface area contributed by atoms with Gasteiger partial charge < -0.3 is 10.2 Å². The topological polar surface area (TPSA) is 140 Å². The summed E-state index contributed by atoms with van der Waals surface area (Å²) in [5, 5.41) is 22.9. The van der Waals surface area contributed by atoms with Gasteiger partial charge in [0.2, 0.25) is 5.91 Å². The van der Waals surface area contributed by atoms with Crippen molar-refractivity contribution in [2.45, 2.75) is 52.9 Å². The van der Waals surface area contributed by atoms with Crippen molar-refractivity contribution in [1.29, 1.82) is 0 Å². The molecule has 0 unspecified atom stereocenters. The number of nitrogens with one attached hydrogen (secondary N) is 2. The number of ketones is 1. The van der Waals surface area contributed by atoms with Crippen LogP contribution in [0.5, 0.6) is 0 Å². The number of benzene rings is 2. The number of H-pyrrole nitrogens is 1. The Balaban J connectivity index is 1.40. The van der Waals surface area contributed by atoms with Gasteiger partial charge in [0.1, 0.15) is 6.54 Å². The number of nitrogens with zero attached hydrogens (tertiary/aromatic N) is 7. The molecule has 1 aliphatic heterocycles. The number of aromatic nitrogens is 4. The molecule has 1 aliphatic carbocycles. The van der Waals surface area contributed by atoms with Gasteiger partial charge in [0.15, 0.2) is 5.78 Å². The molecular weight excluding hydrogens is 534 g/mol. The SMILES string of the molecule is CN(c1ccc(NC(=O)CN2N=C(C3CCCCC3)c3ccccc3N(CC(=O)C(C)(C)C)C2=O)cc1)c1nn[nH]n1. The van der Waals surface area contributed by atoms with Gasteiger partial charge in [-0.3, -0.25) is 14.5 Å². The third-order valence-electron chi connectivity index (χ3n) is 7.75. The maximum absolute atomic E-state index is 14.0. The molecule has 0 atom stereocenters. The summed E-state index contributed by atoms with van der Waals surface area (Å²) in [7, 11) is 1.81. The molecule has 0 bridgehead atoms. The number of Topliss-reactive ketones (excluding diaryl/α,β-unsaturated/α-hetero) is 1. The third kappa shape index (κ3) is 6.32. The standard InChI is InChI=1S/C30H37N9O3/c1-30(2,3)25(40)18-38-24-13-9-8-12-23(24)27(20-10-6-5-7-11-20)34-39(29(38)42)19-26(41)31-21-14-16-22(17-15-21)37(4)28-32-35-36-33-28/h8-9,12-17,20H,5-7,10-11,18-19H2,1-4H3,(H,31,41)(H,32,33,35,36). The Hall–Kier alpha value is -4.61. The smallest absolute Gasteiger partial charge is 0.324 e. The van der Waals surface area contributed by atoms with E-state index in [1.165, 1.54) is 16.3 Å². The van der Waals surface area contributed by atoms with E-state index in [1.54, 1.807) is 24.1 Å². The monoisotopic (exact) mass is 571 g/mol. The highest BCUT2D eigenvalue weighted by molar-refractivity contribution is 6.13. The van der Waals surface area contributed by atoms with E-state index in [0.717, 1.165) is 42.6 Å². The molecule has 1 fully saturated rings. The second-order valence-electron chi connectivity index (χ2n) is 11.8. The molecule has 12 nitrogen and oxygen atoms in total. The summed E-state index contributed by atoms with van der Waals surface area (Å²) in [6.07, 6.45) is 5.28. The normalized spacial score (nSPS) is 16.0. The molecule has 3 amide bonds. The van der Waals surface area contributed by atoms with Crippen LogP contribution in [0.25, 0.3) is 0 Å². The van der Waals surface area contributed by atoms with Crippen LogP contribution in [-0.4, -0.2) is 69.2 Å². The number of anilines is 4. The van der Waals surface area contributed by atoms with E-state index in [0.29, 0.717) is 17.3 Å². The Bertz CT molecular complexity index is 1460. The first-order valence-corrected chi connectivity index (χ1v) is 14.3. The van der Waals surface area contributed by atoms with E-state index in [-0.39, 0.29) is 24.8 Å². The first-order chi connectivity index (χ1) is 20.1. The Labute approximate surface area is 245 Å². The van der Waals surface area contributed by atoms with Gasteiger partial charge in [0.05, 0.1) is 17.9 Å². The van der Waals surface area contributed by atoms with E-state index in [2.05, 4.69) is 25.9 Å². The van der Waals surface area contributed by atoms with Gasteiger partial charge in [-0.2, -0.15) is 10.3 Å². The van der Waals surface area contributed by atoms with Crippen molar-refractivity contribution in [1.82, 2.24) is 25.6 Å². The Morgan fingerprint density at radius 3 is 2.40 bits per heavy atom. The molecule has 2 heterocycles. The second kappa shape index (κ2) is 12.1. The summed E-state index contributed by atoms with van der Waals surface area (Å²) in [6, 6.07) is 14.3. The van der Waals surface area contributed by atoms with Gasteiger partial charge in [-0.15, -0.1) is 5.10 Å². The van der Waals surface area contributed by atoms with Crippen molar-refractivity contribution < 1.29 is 14.4 Å². The molecule has 0 radical (unpaired) electrons. The first-order valence-electron chi connectivity index (χ1n) is 14.3. The van der Waals surface area contributed by atoms with E-state index in [9.17, 15) is 14.4 Å². The predicted octanol–water partition coefficient (Wildman–Crippen LogP) is 4.75. The molecule has 5 rings (SSSR count). The first kappa shape index (κ1) is 28.9. The molecule has 3 aromatic rings. The van der Waals surface area contributed by atoms with Crippen LogP contribution in [0.4, 0.5) is 27.8 Å². The Morgan fingerprint density at radius 1 is 1.02 bits per heavy atom. The Morgan fingerprint density at radius 2 is 1.74 bits per heavy atom. The van der Waals surface area contributed by atoms with Crippen molar-refractivity contribution in [3.05, 3.63) is 54.1 Å². The minimum atomic E-state index is -0.638. The number of urea groups is 1. The summed E-state index contributed by atoms with van der Waals surface area (Å²) in [4.78, 5) is 43.7. The molecule has 12 heteroatoms. The summed E-state index contributed by atoms with van der Waals surface area (Å²) in [5.74, 6) is 0.0957. The molecule has 2 aromatic carbocycles. The quantitative estimate of drug-likeness (QED) is 0.398. The summed E-state index contributed by atoms with van der Waals surface area (Å²) in [6.45, 7) is 5.10. The minimum Gasteiger partial charge on any atom is -0.324 e. The van der Waals surface area contributed by atoms with Crippen LogP contribution in [0.1, 0.15) is 58.4 Å². The maximum Gasteiger partial charge on any atom is 0.345 e. The molecular formula is C30H37N9O3. The number of hydrogen-bond donors (Lipinski definition) is 2. The lowest BCUT2D eigenvalue weighted by Crippen LogP contribution is -2.47. The molecule has 220 valence electrons. The fourth-order valence-electron chi connectivity index (χ4n) is 5.23. The lowest BCUT2D eigenvalue weighted by molar-refractivity contribution is -0.124. The fraction of sp³-hybridized carbons (Fsp3) is 0.433. The largest absolute Gasteiger partial charge is 0.345 e. The van der Waals surface area contributed by atoms with Crippen molar-refractivity contribution in [2.24, 2.45) is 16.4 Å². The number of tetrazole rings is 1. The molecule has 0 spiro atoms. The zero-order valence-electron chi connectivity index (χ0n) is 24.5. The van der Waals surface area contributed by atoms with E-state index in [4.69, 9.17) is 5.10 Å². The van der Waals surface area contributed by atoms with E-state index in [1.807, 2.05) is 57.2 Å². The van der Waals surface area contributed by atoms with Gasteiger partial charge >= 0.3 is 6.03 Å². The average molecular weight is 572 g/mol. The highest BCUT2D eigenvalue weighted by Crippen LogP contribution is 2.34. The van der Waals surface area contributed by atoms with Crippen LogP contribution >= 0.6 is 0 Å². The number of fused-ring (bicyclic) bond motifs is 1. The summed E-state index contributed by atoms with van der Waals surface area (Å²) in [5.41, 5.74) is 3.01. The lowest BCUT2D eigenvalue weighted by atomic mass is 9.83. The van der Waals surface area contributed by atoms with Crippen LogP contribution in [0.3, 0.4) is 0 Å². The van der Waals surface area contributed by atoms with Gasteiger partial charge in [-0.05, 0) is 48.4 Å². The number of rotatable bonds is 8. The van der Waals surface area contributed by atoms with Crippen LogP contribution in [-0.2, 0) is 9.59 Å². The fourth-order valence-corrected chi connectivity index (χ4v) is 5.23. The van der Waals surface area contributed by atoms with E-state index >= 15 is 0 Å². The van der Waals surface area contributed by atoms with E-state index < -0.39 is 17.4 Å². The molecule has 2 aliphatic rings. The van der Waals surface area contributed by atoms with Crippen molar-refractivity contribution >= 4 is 46.4 Å². The zero-order chi connectivity index (χ0) is 29.9. The van der Waals surface area contributed by atoms with Gasteiger partial charge in [-0.25, -0.2) is 9.80 Å². The maximum atomic E-state index is 14.0. The summed E-state index contributed by atoms with van der Waals surface area (Å²) < 4.78 is 0. The number of carbonyl (C=O) groups is 3. The van der Waals surface area contributed by atoms with Crippen LogP contribution in [0, 0.1) is 11.3 Å². The Kier molecular flexibility index (Phi) is 8.32. The van der Waals surface area contributed by atoms with Gasteiger partial charge in [0, 0.05) is 35.3 Å². The van der Waals surface area contributed by atoms with Crippen LogP contribution in [0.15, 0.2) is 53.6 Å². The number of para-hydroxylation sites is 1. The second-order valence-corrected chi connectivity index (χ2v) is 11.8. The molecule has 1 aromatic heterocycles. The molecule has 0 saturated heterocycles. The number of carbonyl (C=O) groups excluding carboxylic acids is 3. The number of hydrogen-bond acceptors (Lipinski definition) is 8. The highest BCUT2D eigenvalue weighted by atomic mass is 16.2. The van der Waals surface area contributed by atoms with Crippen molar-refractivity contribution in [2.75, 3.05) is 35.3 Å². The lowest BCUT2D eigenvalue weighted by Gasteiger charge is -2.28. The number of hydrazone groups is 1. The molecule has 1 saturated carbocycles. The summed E-state index contributed by atoms with van der Waals surface area (Å²) >= 11 is 0. The van der Waals surface area contributed by atoms with Crippen molar-refractivity contribution in [3.63, 3.8) is 0 Å². The zero-order valence-corrected chi connectivity index (χ0v) is 24.5. The van der Waals surface area contributed by atoms with Crippen LogP contribution < -0.4 is 15.1 Å². The minimum absolute atomic E-state index is 0.0814. The van der Waals surface area contributed by atoms with Gasteiger partial charge in [-0.1, -0.05) is 63.3 Å². The molecule has 2 N–H and O–H groups in total. The predicted molar refractivity (Wildman–Crippen MR) is 161 cm³/mol. The van der Waals surface area contributed by atoms with Gasteiger partial charge in [0.25, 0.3) is 5.95 Å². The molecule has 42 heavy (non-hydrogen) atoms. The van der Waals surface area contributed by atoms with Crippen LogP contribution in [0.2, 0.25) is 0 Å². The van der Waals surface area contributed by atoms with Crippen molar-refractivity contribution in [3.8, 4) is 0 Å². The third-order valence-corrected chi connectivity index (χ3v) is 7.75. The highest BCUT2D eigenvalue weighted by Gasteiger charge is 2.36. The number of aromatic amines is 1.